The predicted molar refractivity (Wildman–Crippen MR) is 156 cm³/mol. The van der Waals surface area contributed by atoms with Crippen LogP contribution in [-0.2, 0) is 9.59 Å². The number of thioether (sulfide) groups is 1. The molecule has 3 N–H and O–H groups in total. The molecule has 4 aromatic rings. The van der Waals surface area contributed by atoms with Gasteiger partial charge >= 0.3 is 0 Å². The molecule has 0 heterocycles. The van der Waals surface area contributed by atoms with Gasteiger partial charge in [-0.1, -0.05) is 24.3 Å². The van der Waals surface area contributed by atoms with E-state index in [1.165, 1.54) is 42.5 Å². The van der Waals surface area contributed by atoms with Crippen LogP contribution in [0.3, 0.4) is 0 Å². The number of benzene rings is 4. The molecule has 4 aromatic carbocycles. The topological polar surface area (TPSA) is 130 Å². The molecular formula is C30H20F4N4O5S. The van der Waals surface area contributed by atoms with Crippen molar-refractivity contribution < 1.29 is 36.9 Å². The first-order chi connectivity index (χ1) is 21.0. The zero-order valence-electron chi connectivity index (χ0n) is 22.3. The van der Waals surface area contributed by atoms with E-state index in [1.807, 2.05) is 5.32 Å². The summed E-state index contributed by atoms with van der Waals surface area (Å²) in [5.74, 6) is -9.53. The summed E-state index contributed by atoms with van der Waals surface area (Å²) < 4.78 is 54.6. The highest BCUT2D eigenvalue weighted by Gasteiger charge is 2.21. The molecule has 0 aromatic heterocycles. The molecule has 0 unspecified atom stereocenters. The maximum Gasteiger partial charge on any atom is 0.272 e. The van der Waals surface area contributed by atoms with E-state index in [0.717, 1.165) is 11.8 Å². The van der Waals surface area contributed by atoms with Gasteiger partial charge in [0.1, 0.15) is 11.4 Å². The van der Waals surface area contributed by atoms with Crippen molar-refractivity contribution in [1.82, 2.24) is 5.32 Å². The molecule has 0 aliphatic carbocycles. The Balaban J connectivity index is 1.48. The summed E-state index contributed by atoms with van der Waals surface area (Å²) in [5, 5.41) is 17.9. The molecule has 0 bridgehead atoms. The number of nitro benzene ring substituents is 1. The first-order valence-corrected chi connectivity index (χ1v) is 13.5. The number of hydrogen-bond donors (Lipinski definition) is 3. The Morgan fingerprint density at radius 1 is 0.818 bits per heavy atom. The number of nitrogens with zero attached hydrogens (tertiary/aromatic N) is 1. The summed E-state index contributed by atoms with van der Waals surface area (Å²) in [7, 11) is 0. The van der Waals surface area contributed by atoms with Crippen molar-refractivity contribution in [3.8, 4) is 0 Å². The summed E-state index contributed by atoms with van der Waals surface area (Å²) in [6, 6.07) is 19.5. The highest BCUT2D eigenvalue weighted by atomic mass is 32.2. The molecular weight excluding hydrogens is 604 g/mol. The van der Waals surface area contributed by atoms with Gasteiger partial charge in [-0.2, -0.15) is 0 Å². The summed E-state index contributed by atoms with van der Waals surface area (Å²) in [6.45, 7) is 0. The van der Waals surface area contributed by atoms with E-state index >= 15 is 0 Å². The number of hydrogen-bond acceptors (Lipinski definition) is 6. The lowest BCUT2D eigenvalue weighted by atomic mass is 10.1. The number of nitro groups is 1. The number of non-ortho nitro benzene ring substituents is 1. The van der Waals surface area contributed by atoms with Crippen molar-refractivity contribution in [1.29, 1.82) is 0 Å². The Hall–Kier alpha value is -5.50. The van der Waals surface area contributed by atoms with Crippen molar-refractivity contribution >= 4 is 52.6 Å². The van der Waals surface area contributed by atoms with Crippen LogP contribution in [0.15, 0.2) is 95.5 Å². The monoisotopic (exact) mass is 624 g/mol. The quantitative estimate of drug-likeness (QED) is 0.0475. The number of rotatable bonds is 10. The van der Waals surface area contributed by atoms with Crippen LogP contribution in [0.2, 0.25) is 0 Å². The Labute approximate surface area is 251 Å². The average Bonchev–Trinajstić information content (AvgIpc) is 3.01. The number of carbonyl (C=O) groups is 3. The average molecular weight is 625 g/mol. The molecule has 14 heteroatoms. The second-order valence-electron chi connectivity index (χ2n) is 8.89. The van der Waals surface area contributed by atoms with E-state index in [0.29, 0.717) is 10.5 Å². The second kappa shape index (κ2) is 14.1. The van der Waals surface area contributed by atoms with Gasteiger partial charge in [0.25, 0.3) is 17.5 Å². The summed E-state index contributed by atoms with van der Waals surface area (Å²) in [4.78, 5) is 49.1. The fourth-order valence-corrected chi connectivity index (χ4v) is 4.43. The molecule has 0 aliphatic heterocycles. The van der Waals surface area contributed by atoms with Crippen LogP contribution < -0.4 is 16.0 Å². The molecule has 4 rings (SSSR count). The van der Waals surface area contributed by atoms with E-state index in [9.17, 15) is 42.1 Å². The normalized spacial score (nSPS) is 11.0. The fourth-order valence-electron chi connectivity index (χ4n) is 3.67. The number of halogens is 4. The summed E-state index contributed by atoms with van der Waals surface area (Å²) in [5.41, 5.74) is -0.700. The second-order valence-corrected chi connectivity index (χ2v) is 9.94. The van der Waals surface area contributed by atoms with Crippen LogP contribution in [-0.4, -0.2) is 28.4 Å². The Morgan fingerprint density at radius 2 is 1.48 bits per heavy atom. The minimum absolute atomic E-state index is 0.0223. The number of carbonyl (C=O) groups excluding carboxylic acids is 3. The van der Waals surface area contributed by atoms with Crippen LogP contribution in [0.5, 0.6) is 0 Å². The zero-order valence-corrected chi connectivity index (χ0v) is 23.1. The van der Waals surface area contributed by atoms with Gasteiger partial charge in [-0.25, -0.2) is 17.6 Å². The molecule has 224 valence electrons. The van der Waals surface area contributed by atoms with Crippen molar-refractivity contribution in [3.63, 3.8) is 0 Å². The lowest BCUT2D eigenvalue weighted by Crippen LogP contribution is -2.30. The van der Waals surface area contributed by atoms with Gasteiger partial charge in [0.05, 0.1) is 10.7 Å². The maximum absolute atomic E-state index is 13.9. The van der Waals surface area contributed by atoms with E-state index < -0.39 is 57.4 Å². The van der Waals surface area contributed by atoms with Crippen molar-refractivity contribution in [3.05, 3.63) is 135 Å². The molecule has 0 spiro atoms. The van der Waals surface area contributed by atoms with Crippen molar-refractivity contribution in [2.45, 2.75) is 4.90 Å². The highest BCUT2D eigenvalue weighted by molar-refractivity contribution is 8.00. The van der Waals surface area contributed by atoms with Crippen molar-refractivity contribution in [2.75, 3.05) is 16.4 Å². The molecule has 44 heavy (non-hydrogen) atoms. The van der Waals surface area contributed by atoms with E-state index in [1.54, 1.807) is 42.5 Å². The van der Waals surface area contributed by atoms with Gasteiger partial charge in [-0.3, -0.25) is 24.5 Å². The van der Waals surface area contributed by atoms with Crippen LogP contribution in [0, 0.1) is 33.4 Å². The minimum Gasteiger partial charge on any atom is -0.321 e. The van der Waals surface area contributed by atoms with Gasteiger partial charge in [-0.05, 0) is 54.1 Å². The van der Waals surface area contributed by atoms with Crippen LogP contribution in [0.4, 0.5) is 34.6 Å². The summed E-state index contributed by atoms with van der Waals surface area (Å²) in [6.07, 6.45) is 1.33. The summed E-state index contributed by atoms with van der Waals surface area (Å²) >= 11 is 0.897. The number of amides is 3. The Morgan fingerprint density at radius 3 is 2.11 bits per heavy atom. The lowest BCUT2D eigenvalue weighted by Gasteiger charge is -2.12. The third-order valence-corrected chi connectivity index (χ3v) is 6.78. The van der Waals surface area contributed by atoms with Gasteiger partial charge in [-0.15, -0.1) is 11.8 Å². The zero-order chi connectivity index (χ0) is 31.8. The van der Waals surface area contributed by atoms with Crippen molar-refractivity contribution in [2.24, 2.45) is 0 Å². The van der Waals surface area contributed by atoms with E-state index in [4.69, 9.17) is 0 Å². The van der Waals surface area contributed by atoms with E-state index in [-0.39, 0.29) is 28.7 Å². The standard InChI is InChI=1S/C30H20F4N4O5S/c31-22-15-23(32)27(34)28(26(22)33)37-25(39)16-44-21-8-4-7-19(14-21)35-30(41)24(36-29(40)18-5-2-1-3-6-18)13-17-9-11-20(12-10-17)38(42)43/h1-15H,16H2,(H,35,41)(H,36,40)(H,37,39)/b24-13+. The largest absolute Gasteiger partial charge is 0.321 e. The smallest absolute Gasteiger partial charge is 0.272 e. The Kier molecular flexibility index (Phi) is 10.1. The molecule has 0 aliphatic rings. The molecule has 0 radical (unpaired) electrons. The highest BCUT2D eigenvalue weighted by Crippen LogP contribution is 2.26. The van der Waals surface area contributed by atoms with Gasteiger partial charge < -0.3 is 16.0 Å². The fraction of sp³-hybridized carbons (Fsp3) is 0.0333. The first-order valence-electron chi connectivity index (χ1n) is 12.5. The molecule has 0 saturated carbocycles. The van der Waals surface area contributed by atoms with E-state index in [2.05, 4.69) is 10.6 Å². The third kappa shape index (κ3) is 8.07. The SMILES string of the molecule is O=C(CSc1cccc(NC(=O)/C(=C\c2ccc([N+](=O)[O-])cc2)NC(=O)c2ccccc2)c1)Nc1c(F)c(F)cc(F)c1F. The molecule has 3 amide bonds. The van der Waals surface area contributed by atoms with Crippen LogP contribution in [0.25, 0.3) is 6.08 Å². The van der Waals surface area contributed by atoms with Crippen LogP contribution in [0.1, 0.15) is 15.9 Å². The minimum atomic E-state index is -1.75. The number of nitrogens with one attached hydrogen (secondary N) is 3. The molecule has 0 atom stereocenters. The maximum atomic E-state index is 13.9. The Bertz CT molecular complexity index is 1740. The lowest BCUT2D eigenvalue weighted by molar-refractivity contribution is -0.384. The first kappa shape index (κ1) is 31.4. The predicted octanol–water partition coefficient (Wildman–Crippen LogP) is 6.29. The van der Waals surface area contributed by atoms with Crippen LogP contribution >= 0.6 is 11.8 Å². The van der Waals surface area contributed by atoms with Gasteiger partial charge in [0.15, 0.2) is 23.3 Å². The van der Waals surface area contributed by atoms with Gasteiger partial charge in [0, 0.05) is 34.3 Å². The molecule has 9 nitrogen and oxygen atoms in total. The molecule has 0 saturated heterocycles. The van der Waals surface area contributed by atoms with Gasteiger partial charge in [0.2, 0.25) is 5.91 Å². The molecule has 0 fully saturated rings. The third-order valence-electron chi connectivity index (χ3n) is 5.78. The number of anilines is 2.